The van der Waals surface area contributed by atoms with Crippen molar-refractivity contribution in [3.8, 4) is 5.82 Å². The molecule has 0 saturated carbocycles. The van der Waals surface area contributed by atoms with E-state index in [2.05, 4.69) is 32.4 Å². The molecule has 156 valence electrons. The second-order valence-corrected chi connectivity index (χ2v) is 7.97. The van der Waals surface area contributed by atoms with E-state index in [9.17, 15) is 4.79 Å². The van der Waals surface area contributed by atoms with E-state index in [1.165, 1.54) is 24.9 Å². The molecule has 0 unspecified atom stereocenters. The van der Waals surface area contributed by atoms with Crippen LogP contribution in [0.5, 0.6) is 0 Å². The Kier molecular flexibility index (Phi) is 5.12. The number of pyridine rings is 1. The van der Waals surface area contributed by atoms with Crippen molar-refractivity contribution in [2.24, 2.45) is 0 Å². The number of nitrogens with one attached hydrogen (secondary N) is 1. The summed E-state index contributed by atoms with van der Waals surface area (Å²) >= 11 is 0. The molecule has 0 radical (unpaired) electrons. The van der Waals surface area contributed by atoms with Crippen molar-refractivity contribution in [1.29, 1.82) is 0 Å². The van der Waals surface area contributed by atoms with Crippen molar-refractivity contribution in [2.45, 2.75) is 26.2 Å². The molecular formula is C25H25N5O. The minimum Gasteiger partial charge on any atom is -0.372 e. The monoisotopic (exact) mass is 411 g/mol. The van der Waals surface area contributed by atoms with E-state index < -0.39 is 0 Å². The highest BCUT2D eigenvalue weighted by Crippen LogP contribution is 2.23. The van der Waals surface area contributed by atoms with Gasteiger partial charge in [0.25, 0.3) is 5.91 Å². The number of hydrogen-bond donors (Lipinski definition) is 1. The molecule has 1 fully saturated rings. The summed E-state index contributed by atoms with van der Waals surface area (Å²) in [7, 11) is 0. The lowest BCUT2D eigenvalue weighted by molar-refractivity contribution is 0.102. The van der Waals surface area contributed by atoms with Gasteiger partial charge in [-0.25, -0.2) is 9.67 Å². The maximum absolute atomic E-state index is 12.9. The molecule has 1 N–H and O–H groups in total. The molecule has 6 nitrogen and oxygen atoms in total. The van der Waals surface area contributed by atoms with Gasteiger partial charge >= 0.3 is 0 Å². The van der Waals surface area contributed by atoms with Gasteiger partial charge in [-0.3, -0.25) is 4.79 Å². The number of carbonyl (C=O) groups excluding carboxylic acids is 1. The van der Waals surface area contributed by atoms with Crippen LogP contribution in [0.25, 0.3) is 16.7 Å². The average Bonchev–Trinajstić information content (AvgIpc) is 3.21. The smallest absolute Gasteiger partial charge is 0.259 e. The van der Waals surface area contributed by atoms with Crippen LogP contribution in [-0.4, -0.2) is 33.8 Å². The largest absolute Gasteiger partial charge is 0.372 e. The standard InChI is InChI=1S/C25H25N5O/c1-18-22(17-26-30(18)24-14-9-19-7-3-4-8-23(19)28-24)25(31)27-20-10-12-21(13-11-20)29-15-5-2-6-16-29/h3-4,7-14,17H,2,5-6,15-16H2,1H3,(H,27,31). The average molecular weight is 412 g/mol. The first-order valence-electron chi connectivity index (χ1n) is 10.8. The van der Waals surface area contributed by atoms with E-state index >= 15 is 0 Å². The number of piperidine rings is 1. The number of carbonyl (C=O) groups is 1. The Morgan fingerprint density at radius 2 is 1.71 bits per heavy atom. The van der Waals surface area contributed by atoms with Crippen molar-refractivity contribution in [3.63, 3.8) is 0 Å². The maximum Gasteiger partial charge on any atom is 0.259 e. The number of amides is 1. The molecule has 2 aromatic heterocycles. The Morgan fingerprint density at radius 3 is 2.52 bits per heavy atom. The molecule has 0 aliphatic carbocycles. The molecule has 0 atom stereocenters. The fraction of sp³-hybridized carbons (Fsp3) is 0.240. The van der Waals surface area contributed by atoms with Crippen molar-refractivity contribution in [3.05, 3.63) is 78.1 Å². The van der Waals surface area contributed by atoms with E-state index in [1.54, 1.807) is 10.9 Å². The van der Waals surface area contributed by atoms with E-state index in [0.29, 0.717) is 11.4 Å². The fourth-order valence-corrected chi connectivity index (χ4v) is 4.14. The highest BCUT2D eigenvalue weighted by atomic mass is 16.1. The van der Waals surface area contributed by atoms with Crippen molar-refractivity contribution in [2.75, 3.05) is 23.3 Å². The zero-order valence-electron chi connectivity index (χ0n) is 17.6. The molecule has 1 saturated heterocycles. The van der Waals surface area contributed by atoms with Gasteiger partial charge in [-0.1, -0.05) is 18.2 Å². The summed E-state index contributed by atoms with van der Waals surface area (Å²) in [6.07, 6.45) is 5.40. The Labute approximate surface area is 181 Å². The molecular weight excluding hydrogens is 386 g/mol. The van der Waals surface area contributed by atoms with Crippen LogP contribution in [0.15, 0.2) is 66.9 Å². The Hall–Kier alpha value is -3.67. The number of benzene rings is 2. The number of anilines is 2. The minimum atomic E-state index is -0.171. The van der Waals surface area contributed by atoms with Gasteiger partial charge < -0.3 is 10.2 Å². The van der Waals surface area contributed by atoms with Crippen LogP contribution in [0, 0.1) is 6.92 Å². The van der Waals surface area contributed by atoms with Crippen LogP contribution in [0.1, 0.15) is 35.3 Å². The van der Waals surface area contributed by atoms with E-state index in [1.807, 2.05) is 55.5 Å². The van der Waals surface area contributed by atoms with Crippen LogP contribution in [0.2, 0.25) is 0 Å². The van der Waals surface area contributed by atoms with Gasteiger partial charge in [-0.05, 0) is 68.7 Å². The zero-order chi connectivity index (χ0) is 21.2. The van der Waals surface area contributed by atoms with Crippen LogP contribution >= 0.6 is 0 Å². The topological polar surface area (TPSA) is 63.1 Å². The van der Waals surface area contributed by atoms with Gasteiger partial charge in [0.05, 0.1) is 23.0 Å². The van der Waals surface area contributed by atoms with E-state index in [-0.39, 0.29) is 5.91 Å². The first kappa shape index (κ1) is 19.3. The van der Waals surface area contributed by atoms with Crippen LogP contribution in [0.4, 0.5) is 11.4 Å². The molecule has 2 aromatic carbocycles. The summed E-state index contributed by atoms with van der Waals surface area (Å²) < 4.78 is 1.71. The highest BCUT2D eigenvalue weighted by molar-refractivity contribution is 6.05. The number of fused-ring (bicyclic) bond motifs is 1. The second kappa shape index (κ2) is 8.22. The molecule has 1 amide bonds. The van der Waals surface area contributed by atoms with E-state index in [4.69, 9.17) is 0 Å². The first-order valence-corrected chi connectivity index (χ1v) is 10.8. The van der Waals surface area contributed by atoms with Crippen LogP contribution in [-0.2, 0) is 0 Å². The zero-order valence-corrected chi connectivity index (χ0v) is 17.6. The molecule has 6 heteroatoms. The van der Waals surface area contributed by atoms with Crippen molar-refractivity contribution in [1.82, 2.24) is 14.8 Å². The highest BCUT2D eigenvalue weighted by Gasteiger charge is 2.17. The summed E-state index contributed by atoms with van der Waals surface area (Å²) in [5.74, 6) is 0.524. The summed E-state index contributed by atoms with van der Waals surface area (Å²) in [6.45, 7) is 4.10. The van der Waals surface area contributed by atoms with Gasteiger partial charge in [0.15, 0.2) is 5.82 Å². The Morgan fingerprint density at radius 1 is 0.935 bits per heavy atom. The summed E-state index contributed by atoms with van der Waals surface area (Å²) in [6, 6.07) is 20.0. The number of nitrogens with zero attached hydrogens (tertiary/aromatic N) is 4. The van der Waals surface area contributed by atoms with Gasteiger partial charge in [-0.15, -0.1) is 0 Å². The molecule has 1 aliphatic rings. The lowest BCUT2D eigenvalue weighted by Gasteiger charge is -2.28. The molecule has 0 bridgehead atoms. The van der Waals surface area contributed by atoms with Gasteiger partial charge in [0.2, 0.25) is 0 Å². The number of para-hydroxylation sites is 1. The second-order valence-electron chi connectivity index (χ2n) is 7.97. The number of aromatic nitrogens is 3. The molecule has 0 spiro atoms. The van der Waals surface area contributed by atoms with Gasteiger partial charge in [-0.2, -0.15) is 5.10 Å². The summed E-state index contributed by atoms with van der Waals surface area (Å²) in [4.78, 5) is 20.0. The Balaban J connectivity index is 1.33. The summed E-state index contributed by atoms with van der Waals surface area (Å²) in [5, 5.41) is 8.48. The summed E-state index contributed by atoms with van der Waals surface area (Å²) in [5.41, 5.74) is 4.18. The van der Waals surface area contributed by atoms with Crippen LogP contribution in [0.3, 0.4) is 0 Å². The van der Waals surface area contributed by atoms with Gasteiger partial charge in [0.1, 0.15) is 0 Å². The van der Waals surface area contributed by atoms with Crippen molar-refractivity contribution < 1.29 is 4.79 Å². The van der Waals surface area contributed by atoms with Crippen molar-refractivity contribution >= 4 is 28.2 Å². The minimum absolute atomic E-state index is 0.171. The Bertz CT molecular complexity index is 1220. The lowest BCUT2D eigenvalue weighted by Crippen LogP contribution is -2.29. The quantitative estimate of drug-likeness (QED) is 0.515. The molecule has 4 aromatic rings. The molecule has 31 heavy (non-hydrogen) atoms. The maximum atomic E-state index is 12.9. The third kappa shape index (κ3) is 3.89. The third-order valence-corrected chi connectivity index (χ3v) is 5.90. The van der Waals surface area contributed by atoms with Crippen LogP contribution < -0.4 is 10.2 Å². The SMILES string of the molecule is Cc1c(C(=O)Nc2ccc(N3CCCCC3)cc2)cnn1-c1ccc2ccccc2n1. The predicted octanol–water partition coefficient (Wildman–Crippen LogP) is 4.97. The predicted molar refractivity (Wildman–Crippen MR) is 124 cm³/mol. The molecule has 3 heterocycles. The first-order chi connectivity index (χ1) is 15.2. The third-order valence-electron chi connectivity index (χ3n) is 5.90. The molecule has 5 rings (SSSR count). The van der Waals surface area contributed by atoms with Gasteiger partial charge in [0, 0.05) is 29.9 Å². The number of rotatable bonds is 4. The number of hydrogen-bond acceptors (Lipinski definition) is 4. The normalized spacial score (nSPS) is 14.0. The molecule has 1 aliphatic heterocycles. The fourth-order valence-electron chi connectivity index (χ4n) is 4.14. The van der Waals surface area contributed by atoms with E-state index in [0.717, 1.165) is 35.4 Å². The lowest BCUT2D eigenvalue weighted by atomic mass is 10.1.